The van der Waals surface area contributed by atoms with Gasteiger partial charge in [0.25, 0.3) is 5.91 Å². The minimum atomic E-state index is -3.59. The molecule has 0 atom stereocenters. The van der Waals surface area contributed by atoms with Crippen LogP contribution in [0.3, 0.4) is 0 Å². The molecule has 0 N–H and O–H groups in total. The van der Waals surface area contributed by atoms with E-state index in [4.69, 9.17) is 9.15 Å². The minimum absolute atomic E-state index is 0.00583. The fourth-order valence-electron chi connectivity index (χ4n) is 3.83. The molecule has 0 unspecified atom stereocenters. The molecule has 0 saturated carbocycles. The summed E-state index contributed by atoms with van der Waals surface area (Å²) < 4.78 is 37.5. The van der Waals surface area contributed by atoms with Gasteiger partial charge in [-0.2, -0.15) is 4.31 Å². The molecule has 0 spiro atoms. The summed E-state index contributed by atoms with van der Waals surface area (Å²) >= 11 is 0. The van der Waals surface area contributed by atoms with E-state index < -0.39 is 16.0 Å². The average Bonchev–Trinajstić information content (AvgIpc) is 3.19. The number of amides is 1. The van der Waals surface area contributed by atoms with Gasteiger partial charge in [-0.3, -0.25) is 9.59 Å². The Hall–Kier alpha value is -3.17. The van der Waals surface area contributed by atoms with Gasteiger partial charge in [-0.05, 0) is 49.2 Å². The number of sulfonamides is 1. The quantitative estimate of drug-likeness (QED) is 0.514. The predicted octanol–water partition coefficient (Wildman–Crippen LogP) is 2.67. The molecule has 1 fully saturated rings. The van der Waals surface area contributed by atoms with Crippen LogP contribution >= 0.6 is 0 Å². The van der Waals surface area contributed by atoms with Gasteiger partial charge in [0.05, 0.1) is 17.6 Å². The monoisotopic (exact) mass is 470 g/mol. The van der Waals surface area contributed by atoms with Gasteiger partial charge < -0.3 is 14.1 Å². The fourth-order valence-corrected chi connectivity index (χ4v) is 5.28. The van der Waals surface area contributed by atoms with E-state index in [2.05, 4.69) is 0 Å². The van der Waals surface area contributed by atoms with Crippen LogP contribution in [0.4, 0.5) is 0 Å². The van der Waals surface area contributed by atoms with Crippen molar-refractivity contribution < 1.29 is 27.2 Å². The maximum absolute atomic E-state index is 12.7. The van der Waals surface area contributed by atoms with Crippen LogP contribution in [0.25, 0.3) is 11.0 Å². The number of carbonyl (C=O) groups excluding carboxylic acids is 2. The van der Waals surface area contributed by atoms with E-state index in [0.29, 0.717) is 11.1 Å². The van der Waals surface area contributed by atoms with Gasteiger partial charge in [-0.25, -0.2) is 8.42 Å². The van der Waals surface area contributed by atoms with Crippen molar-refractivity contribution in [3.8, 4) is 0 Å². The number of fused-ring (bicyclic) bond motifs is 1. The van der Waals surface area contributed by atoms with Crippen molar-refractivity contribution in [1.29, 1.82) is 0 Å². The molecule has 2 aromatic carbocycles. The molecule has 0 radical (unpaired) electrons. The first kappa shape index (κ1) is 23.0. The maximum Gasteiger partial charge on any atom is 0.310 e. The van der Waals surface area contributed by atoms with E-state index in [-0.39, 0.29) is 50.0 Å². The van der Waals surface area contributed by atoms with E-state index in [1.54, 1.807) is 36.6 Å². The lowest BCUT2D eigenvalue weighted by molar-refractivity contribution is -0.152. The normalized spacial score (nSPS) is 15.0. The Kier molecular flexibility index (Phi) is 6.53. The summed E-state index contributed by atoms with van der Waals surface area (Å²) in [4.78, 5) is 26.5. The average molecular weight is 471 g/mol. The summed E-state index contributed by atoms with van der Waals surface area (Å²) in [6.07, 6.45) is 1.55. The third-order valence-corrected chi connectivity index (χ3v) is 7.85. The molecule has 1 aliphatic rings. The number of ether oxygens (including phenoxy) is 1. The zero-order valence-electron chi connectivity index (χ0n) is 18.6. The second kappa shape index (κ2) is 9.36. The Morgan fingerprint density at radius 2 is 1.67 bits per heavy atom. The predicted molar refractivity (Wildman–Crippen MR) is 122 cm³/mol. The smallest absolute Gasteiger partial charge is 0.310 e. The van der Waals surface area contributed by atoms with Gasteiger partial charge in [0.15, 0.2) is 6.61 Å². The lowest BCUT2D eigenvalue weighted by Crippen LogP contribution is -2.51. The molecule has 33 heavy (non-hydrogen) atoms. The summed E-state index contributed by atoms with van der Waals surface area (Å²) in [5, 5.41) is 0.858. The maximum atomic E-state index is 12.7. The molecule has 0 bridgehead atoms. The van der Waals surface area contributed by atoms with Gasteiger partial charge >= 0.3 is 5.97 Å². The van der Waals surface area contributed by atoms with Crippen LogP contribution in [-0.4, -0.2) is 62.3 Å². The Bertz CT molecular complexity index is 1280. The number of furan rings is 1. The van der Waals surface area contributed by atoms with Crippen LogP contribution in [0.5, 0.6) is 0 Å². The van der Waals surface area contributed by atoms with Gasteiger partial charge in [-0.15, -0.1) is 0 Å². The van der Waals surface area contributed by atoms with Crippen LogP contribution in [-0.2, 0) is 30.8 Å². The lowest BCUT2D eigenvalue weighted by Gasteiger charge is -2.33. The highest BCUT2D eigenvalue weighted by atomic mass is 32.2. The van der Waals surface area contributed by atoms with Crippen molar-refractivity contribution in [2.24, 2.45) is 0 Å². The van der Waals surface area contributed by atoms with Crippen LogP contribution in [0.2, 0.25) is 0 Å². The zero-order valence-corrected chi connectivity index (χ0v) is 19.4. The number of hydrogen-bond acceptors (Lipinski definition) is 6. The molecule has 2 heterocycles. The van der Waals surface area contributed by atoms with Crippen LogP contribution in [0, 0.1) is 13.8 Å². The first-order valence-corrected chi connectivity index (χ1v) is 12.2. The van der Waals surface area contributed by atoms with E-state index in [0.717, 1.165) is 16.5 Å². The minimum Gasteiger partial charge on any atom is -0.464 e. The van der Waals surface area contributed by atoms with Crippen molar-refractivity contribution in [3.05, 3.63) is 65.4 Å². The molecule has 9 heteroatoms. The van der Waals surface area contributed by atoms with Crippen molar-refractivity contribution in [2.75, 3.05) is 32.8 Å². The highest BCUT2D eigenvalue weighted by molar-refractivity contribution is 7.89. The van der Waals surface area contributed by atoms with Gasteiger partial charge in [0, 0.05) is 37.1 Å². The number of benzene rings is 2. The summed E-state index contributed by atoms with van der Waals surface area (Å²) in [5.41, 5.74) is 3.63. The molecule has 1 saturated heterocycles. The lowest BCUT2D eigenvalue weighted by atomic mass is 10.0. The van der Waals surface area contributed by atoms with Crippen LogP contribution in [0.15, 0.2) is 58.0 Å². The molecular weight excluding hydrogens is 444 g/mol. The van der Waals surface area contributed by atoms with Crippen LogP contribution in [0.1, 0.15) is 16.7 Å². The molecule has 1 aliphatic heterocycles. The van der Waals surface area contributed by atoms with E-state index in [1.807, 2.05) is 26.0 Å². The molecular formula is C24H26N2O6S. The van der Waals surface area contributed by atoms with Gasteiger partial charge in [0.2, 0.25) is 10.0 Å². The number of rotatable bonds is 6. The molecule has 3 aromatic rings. The zero-order chi connectivity index (χ0) is 23.6. The topological polar surface area (TPSA) is 97.1 Å². The third kappa shape index (κ3) is 4.94. The Morgan fingerprint density at radius 3 is 2.36 bits per heavy atom. The second-order valence-electron chi connectivity index (χ2n) is 8.13. The van der Waals surface area contributed by atoms with Crippen LogP contribution < -0.4 is 0 Å². The SMILES string of the molecule is Cc1cc2occ(CC(=O)OCC(=O)N3CCN(S(=O)(=O)c4ccccc4)CC3)c2cc1C. The number of aryl methyl sites for hydroxylation is 2. The van der Waals surface area contributed by atoms with Crippen molar-refractivity contribution in [1.82, 2.24) is 9.21 Å². The second-order valence-corrected chi connectivity index (χ2v) is 10.1. The summed E-state index contributed by atoms with van der Waals surface area (Å²) in [7, 11) is -3.59. The number of esters is 1. The Labute approximate surface area is 192 Å². The molecule has 1 amide bonds. The molecule has 8 nitrogen and oxygen atoms in total. The standard InChI is InChI=1S/C24H26N2O6S/c1-17-12-21-19(15-31-22(21)13-18(17)2)14-24(28)32-16-23(27)25-8-10-26(11-9-25)33(29,30)20-6-4-3-5-7-20/h3-7,12-13,15H,8-11,14,16H2,1-2H3. The number of piperazine rings is 1. The third-order valence-electron chi connectivity index (χ3n) is 5.93. The molecule has 1 aromatic heterocycles. The fraction of sp³-hybridized carbons (Fsp3) is 0.333. The van der Waals surface area contributed by atoms with Crippen molar-refractivity contribution in [3.63, 3.8) is 0 Å². The van der Waals surface area contributed by atoms with Gasteiger partial charge in [0.1, 0.15) is 5.58 Å². The number of nitrogens with zero attached hydrogens (tertiary/aromatic N) is 2. The number of hydrogen-bond donors (Lipinski definition) is 0. The van der Waals surface area contributed by atoms with Crippen molar-refractivity contribution >= 4 is 32.9 Å². The highest BCUT2D eigenvalue weighted by Gasteiger charge is 2.30. The van der Waals surface area contributed by atoms with E-state index in [1.165, 1.54) is 9.21 Å². The molecule has 4 rings (SSSR count). The van der Waals surface area contributed by atoms with Crippen molar-refractivity contribution in [2.45, 2.75) is 25.2 Å². The summed E-state index contributed by atoms with van der Waals surface area (Å²) in [6.45, 7) is 4.48. The summed E-state index contributed by atoms with van der Waals surface area (Å²) in [6, 6.07) is 12.1. The highest BCUT2D eigenvalue weighted by Crippen LogP contribution is 2.25. The Balaban J connectivity index is 1.28. The first-order chi connectivity index (χ1) is 15.8. The Morgan fingerprint density at radius 1 is 1.00 bits per heavy atom. The molecule has 0 aliphatic carbocycles. The van der Waals surface area contributed by atoms with E-state index >= 15 is 0 Å². The molecule has 174 valence electrons. The largest absolute Gasteiger partial charge is 0.464 e. The van der Waals surface area contributed by atoms with Gasteiger partial charge in [-0.1, -0.05) is 18.2 Å². The first-order valence-electron chi connectivity index (χ1n) is 10.7. The van der Waals surface area contributed by atoms with E-state index in [9.17, 15) is 18.0 Å². The number of carbonyl (C=O) groups is 2. The summed E-state index contributed by atoms with van der Waals surface area (Å²) in [5.74, 6) is -0.863.